The molecule has 7 rings (SSSR count). The second kappa shape index (κ2) is 12.0. The molecule has 2 aromatic heterocycles. The molecule has 0 spiro atoms. The van der Waals surface area contributed by atoms with E-state index in [0.717, 1.165) is 51.8 Å². The highest BCUT2D eigenvalue weighted by atomic mass is 19.1. The number of aromatic nitrogens is 3. The molecule has 4 aromatic rings. The lowest BCUT2D eigenvalue weighted by molar-refractivity contribution is -0.129. The van der Waals surface area contributed by atoms with Gasteiger partial charge in [0.05, 0.1) is 47.8 Å². The van der Waals surface area contributed by atoms with E-state index >= 15 is 4.39 Å². The fourth-order valence-corrected chi connectivity index (χ4v) is 7.12. The van der Waals surface area contributed by atoms with Crippen molar-refractivity contribution < 1.29 is 27.8 Å². The predicted molar refractivity (Wildman–Crippen MR) is 173 cm³/mol. The molecule has 242 valence electrons. The highest BCUT2D eigenvalue weighted by molar-refractivity contribution is 6.00. The van der Waals surface area contributed by atoms with Gasteiger partial charge < -0.3 is 19.7 Å². The molecule has 4 heterocycles. The van der Waals surface area contributed by atoms with E-state index in [-0.39, 0.29) is 48.4 Å². The Bertz CT molecular complexity index is 1950. The number of nitrogens with one attached hydrogen (secondary N) is 1. The van der Waals surface area contributed by atoms with Crippen molar-refractivity contribution in [3.8, 4) is 39.5 Å². The summed E-state index contributed by atoms with van der Waals surface area (Å²) in [6, 6.07) is 9.34. The number of ether oxygens (including phenoxy) is 2. The lowest BCUT2D eigenvalue weighted by Gasteiger charge is -2.36. The van der Waals surface area contributed by atoms with Gasteiger partial charge in [0, 0.05) is 42.6 Å². The summed E-state index contributed by atoms with van der Waals surface area (Å²) in [5.41, 5.74) is 7.43. The third-order valence-corrected chi connectivity index (χ3v) is 9.33. The predicted octanol–water partition coefficient (Wildman–Crippen LogP) is 6.22. The van der Waals surface area contributed by atoms with Crippen molar-refractivity contribution in [1.29, 1.82) is 0 Å². The highest BCUT2D eigenvalue weighted by Gasteiger charge is 2.35. The van der Waals surface area contributed by atoms with Gasteiger partial charge in [0.15, 0.2) is 0 Å². The zero-order chi connectivity index (χ0) is 33.0. The van der Waals surface area contributed by atoms with Crippen molar-refractivity contribution in [3.05, 3.63) is 83.1 Å². The molecule has 1 aliphatic carbocycles. The molecule has 9 nitrogen and oxygen atoms in total. The van der Waals surface area contributed by atoms with E-state index in [1.807, 2.05) is 42.8 Å². The van der Waals surface area contributed by atoms with Crippen molar-refractivity contribution in [2.75, 3.05) is 32.2 Å². The van der Waals surface area contributed by atoms with E-state index < -0.39 is 11.6 Å². The first-order valence-electron chi connectivity index (χ1n) is 15.8. The first-order valence-corrected chi connectivity index (χ1v) is 15.8. The third kappa shape index (κ3) is 5.28. The summed E-state index contributed by atoms with van der Waals surface area (Å²) in [4.78, 5) is 31.9. The molecule has 1 N–H and O–H groups in total. The summed E-state index contributed by atoms with van der Waals surface area (Å²) >= 11 is 0. The molecule has 0 radical (unpaired) electrons. The van der Waals surface area contributed by atoms with Crippen LogP contribution in [0.4, 0.5) is 14.5 Å². The van der Waals surface area contributed by atoms with Gasteiger partial charge in [0.25, 0.3) is 0 Å². The molecule has 0 saturated heterocycles. The number of anilines is 1. The molecule has 2 atom stereocenters. The smallest absolute Gasteiger partial charge is 0.246 e. The summed E-state index contributed by atoms with van der Waals surface area (Å²) in [6.45, 7) is 8.36. The molecule has 0 fully saturated rings. The zero-order valence-corrected chi connectivity index (χ0v) is 26.5. The molecule has 2 amide bonds. The average molecular weight is 640 g/mol. The number of hydrogen-bond acceptors (Lipinski definition) is 6. The summed E-state index contributed by atoms with van der Waals surface area (Å²) in [7, 11) is 1.53. The second-order valence-corrected chi connectivity index (χ2v) is 12.3. The molecule has 2 aromatic carbocycles. The normalized spacial score (nSPS) is 18.1. The Morgan fingerprint density at radius 1 is 1.09 bits per heavy atom. The van der Waals surface area contributed by atoms with Crippen LogP contribution in [0, 0.1) is 11.6 Å². The van der Waals surface area contributed by atoms with Crippen LogP contribution >= 0.6 is 0 Å². The molecular weight excluding hydrogens is 604 g/mol. The van der Waals surface area contributed by atoms with Crippen molar-refractivity contribution >= 4 is 17.5 Å². The monoisotopic (exact) mass is 639 g/mol. The van der Waals surface area contributed by atoms with Crippen molar-refractivity contribution in [3.63, 3.8) is 0 Å². The number of pyridine rings is 1. The fraction of sp³-hybridized carbons (Fsp3) is 0.333. The van der Waals surface area contributed by atoms with Crippen molar-refractivity contribution in [2.24, 2.45) is 0 Å². The number of methoxy groups -OCH3 is 1. The van der Waals surface area contributed by atoms with E-state index in [9.17, 15) is 14.0 Å². The molecule has 11 heteroatoms. The van der Waals surface area contributed by atoms with E-state index in [1.165, 1.54) is 19.3 Å². The SMILES string of the molecule is C=CC(=O)N1C[C@H](C)n2nc(-c3nc(-c4ccc5c(c4)NC(=O)C5)c4c(c3-c3c(F)cc(F)cc3OCCOC)CCC4)cc2[C@H]1C. The summed E-state index contributed by atoms with van der Waals surface area (Å²) in [5.74, 6) is -1.70. The summed E-state index contributed by atoms with van der Waals surface area (Å²) in [6.07, 6.45) is 3.80. The van der Waals surface area contributed by atoms with Gasteiger partial charge in [0.2, 0.25) is 11.8 Å². The molecule has 0 saturated carbocycles. The van der Waals surface area contributed by atoms with Gasteiger partial charge in [0.1, 0.15) is 29.7 Å². The maximum atomic E-state index is 16.1. The first-order chi connectivity index (χ1) is 22.7. The van der Waals surface area contributed by atoms with Gasteiger partial charge in [-0.3, -0.25) is 14.3 Å². The van der Waals surface area contributed by atoms with Crippen LogP contribution in [0.2, 0.25) is 0 Å². The maximum absolute atomic E-state index is 16.1. The van der Waals surface area contributed by atoms with Gasteiger partial charge in [-0.1, -0.05) is 18.7 Å². The highest BCUT2D eigenvalue weighted by Crippen LogP contribution is 2.48. The van der Waals surface area contributed by atoms with Gasteiger partial charge >= 0.3 is 0 Å². The van der Waals surface area contributed by atoms with Crippen LogP contribution in [-0.2, 0) is 33.6 Å². The minimum atomic E-state index is -0.768. The Hall–Kier alpha value is -4.90. The average Bonchev–Trinajstić information content (AvgIpc) is 3.80. The van der Waals surface area contributed by atoms with Crippen LogP contribution in [0.3, 0.4) is 0 Å². The fourth-order valence-electron chi connectivity index (χ4n) is 7.12. The van der Waals surface area contributed by atoms with E-state index in [1.54, 1.807) is 4.90 Å². The van der Waals surface area contributed by atoms with Crippen LogP contribution in [0.15, 0.2) is 49.1 Å². The molecule has 2 aliphatic heterocycles. The maximum Gasteiger partial charge on any atom is 0.246 e. The van der Waals surface area contributed by atoms with E-state index in [4.69, 9.17) is 19.6 Å². The number of amides is 2. The van der Waals surface area contributed by atoms with E-state index in [2.05, 4.69) is 11.9 Å². The molecule has 47 heavy (non-hydrogen) atoms. The van der Waals surface area contributed by atoms with Gasteiger partial charge in [-0.15, -0.1) is 0 Å². The molecular formula is C36H35F2N5O4. The van der Waals surface area contributed by atoms with Crippen LogP contribution in [0.5, 0.6) is 5.75 Å². The lowest BCUT2D eigenvalue weighted by Crippen LogP contribution is -2.42. The van der Waals surface area contributed by atoms with Crippen LogP contribution in [0.1, 0.15) is 54.7 Å². The van der Waals surface area contributed by atoms with Gasteiger partial charge in [-0.25, -0.2) is 13.8 Å². The Balaban J connectivity index is 1.48. The number of carbonyl (C=O) groups is 2. The van der Waals surface area contributed by atoms with Crippen LogP contribution < -0.4 is 10.1 Å². The summed E-state index contributed by atoms with van der Waals surface area (Å²) < 4.78 is 43.8. The minimum absolute atomic E-state index is 0.0538. The number of nitrogens with zero attached hydrogens (tertiary/aromatic N) is 4. The number of hydrogen-bond donors (Lipinski definition) is 1. The number of halogens is 2. The number of benzene rings is 2. The van der Waals surface area contributed by atoms with Crippen molar-refractivity contribution in [1.82, 2.24) is 19.7 Å². The standard InChI is InChI=1S/C36H35F2N5O4/c1-5-32(45)42-18-19(2)43-29(20(42)3)17-28(41-43)36-33(34-26(38)15-23(37)16-30(34)47-12-11-46-4)24-7-6-8-25(24)35(40-36)22-10-9-21-14-31(44)39-27(21)13-22/h5,9-10,13,15-17,19-20H,1,6-8,11-12,14,18H2,2-4H3,(H,39,44)/t19-,20+/m0/s1. The van der Waals surface area contributed by atoms with Crippen LogP contribution in [0.25, 0.3) is 33.8 Å². The third-order valence-electron chi connectivity index (χ3n) is 9.33. The Kier molecular flexibility index (Phi) is 7.87. The Labute approximate surface area is 271 Å². The van der Waals surface area contributed by atoms with E-state index in [0.29, 0.717) is 42.8 Å². The Morgan fingerprint density at radius 3 is 2.68 bits per heavy atom. The Morgan fingerprint density at radius 2 is 1.89 bits per heavy atom. The second-order valence-electron chi connectivity index (χ2n) is 12.3. The topological polar surface area (TPSA) is 98.6 Å². The van der Waals surface area contributed by atoms with Crippen molar-refractivity contribution in [2.45, 2.75) is 51.6 Å². The largest absolute Gasteiger partial charge is 0.490 e. The lowest BCUT2D eigenvalue weighted by atomic mass is 9.90. The zero-order valence-electron chi connectivity index (χ0n) is 26.5. The summed E-state index contributed by atoms with van der Waals surface area (Å²) in [5, 5.41) is 7.95. The first kappa shape index (κ1) is 30.7. The number of fused-ring (bicyclic) bond motifs is 3. The molecule has 3 aliphatic rings. The quantitative estimate of drug-likeness (QED) is 0.182. The molecule has 0 unspecified atom stereocenters. The number of carbonyl (C=O) groups excluding carboxylic acids is 2. The van der Waals surface area contributed by atoms with Gasteiger partial charge in [-0.05, 0) is 68.0 Å². The number of rotatable bonds is 8. The van der Waals surface area contributed by atoms with Gasteiger partial charge in [-0.2, -0.15) is 5.10 Å². The minimum Gasteiger partial charge on any atom is -0.490 e. The molecule has 0 bridgehead atoms. The van der Waals surface area contributed by atoms with Crippen LogP contribution in [-0.4, -0.2) is 58.3 Å².